The van der Waals surface area contributed by atoms with Crippen LogP contribution in [0.1, 0.15) is 65.2 Å². The number of carbonyl (C=O) groups is 2. The van der Waals surface area contributed by atoms with Gasteiger partial charge in [0.25, 0.3) is 0 Å². The number of carboxylic acids is 2. The summed E-state index contributed by atoms with van der Waals surface area (Å²) in [5, 5.41) is 18.3. The fourth-order valence-corrected chi connectivity index (χ4v) is 2.10. The normalized spacial score (nSPS) is 11.4. The average Bonchev–Trinajstić information content (AvgIpc) is 2.26. The summed E-state index contributed by atoms with van der Waals surface area (Å²) in [5.74, 6) is -2.38. The number of unbranched alkanes of at least 4 members (excludes halogenated alkanes) is 4. The highest BCUT2D eigenvalue weighted by atomic mass is 16.4. The van der Waals surface area contributed by atoms with Gasteiger partial charge in [-0.15, -0.1) is 0 Å². The zero-order valence-electron chi connectivity index (χ0n) is 10.9. The molecular formula is C13H24O4. The lowest BCUT2D eigenvalue weighted by Gasteiger charge is -2.24. The Hall–Kier alpha value is -1.06. The molecule has 0 aromatic rings. The molecule has 0 radical (unpaired) electrons. The van der Waals surface area contributed by atoms with E-state index in [1.54, 1.807) is 0 Å². The van der Waals surface area contributed by atoms with Crippen molar-refractivity contribution in [2.24, 2.45) is 5.41 Å². The molecule has 100 valence electrons. The van der Waals surface area contributed by atoms with Crippen molar-refractivity contribution in [1.82, 2.24) is 0 Å². The predicted molar refractivity (Wildman–Crippen MR) is 66.0 cm³/mol. The minimum Gasteiger partial charge on any atom is -0.480 e. The lowest BCUT2D eigenvalue weighted by atomic mass is 9.78. The van der Waals surface area contributed by atoms with E-state index in [1.807, 2.05) is 6.92 Å². The summed E-state index contributed by atoms with van der Waals surface area (Å²) in [6.45, 7) is 3.92. The lowest BCUT2D eigenvalue weighted by molar-refractivity contribution is -0.166. The van der Waals surface area contributed by atoms with E-state index < -0.39 is 17.4 Å². The Bertz CT molecular complexity index is 234. The van der Waals surface area contributed by atoms with Gasteiger partial charge in [0.05, 0.1) is 0 Å². The zero-order valence-corrected chi connectivity index (χ0v) is 10.9. The third kappa shape index (κ3) is 4.75. The lowest BCUT2D eigenvalue weighted by Crippen LogP contribution is -2.39. The van der Waals surface area contributed by atoms with Crippen molar-refractivity contribution < 1.29 is 19.8 Å². The molecule has 0 aliphatic heterocycles. The fourth-order valence-electron chi connectivity index (χ4n) is 2.10. The van der Waals surface area contributed by atoms with Crippen LogP contribution in [0.15, 0.2) is 0 Å². The van der Waals surface area contributed by atoms with Gasteiger partial charge in [0, 0.05) is 0 Å². The largest absolute Gasteiger partial charge is 0.480 e. The minimum atomic E-state index is -1.57. The number of carboxylic acid groups (broad SMARTS) is 2. The maximum absolute atomic E-state index is 11.2. The summed E-state index contributed by atoms with van der Waals surface area (Å²) in [4.78, 5) is 22.4. The molecule has 0 spiro atoms. The molecule has 4 heteroatoms. The third-order valence-corrected chi connectivity index (χ3v) is 3.20. The fraction of sp³-hybridized carbons (Fsp3) is 0.846. The van der Waals surface area contributed by atoms with Crippen molar-refractivity contribution >= 4 is 11.9 Å². The molecule has 0 aliphatic rings. The molecule has 0 aromatic carbocycles. The SMILES string of the molecule is CCCCCCCC(CCC)(C(=O)O)C(=O)O. The monoisotopic (exact) mass is 244 g/mol. The van der Waals surface area contributed by atoms with E-state index in [2.05, 4.69) is 6.92 Å². The van der Waals surface area contributed by atoms with Crippen molar-refractivity contribution in [2.75, 3.05) is 0 Å². The van der Waals surface area contributed by atoms with Crippen LogP contribution >= 0.6 is 0 Å². The van der Waals surface area contributed by atoms with Gasteiger partial charge in [-0.2, -0.15) is 0 Å². The van der Waals surface area contributed by atoms with E-state index >= 15 is 0 Å². The second-order valence-electron chi connectivity index (χ2n) is 4.61. The third-order valence-electron chi connectivity index (χ3n) is 3.20. The summed E-state index contributed by atoms with van der Waals surface area (Å²) in [5.41, 5.74) is -1.57. The molecule has 4 nitrogen and oxygen atoms in total. The smallest absolute Gasteiger partial charge is 0.321 e. The highest BCUT2D eigenvalue weighted by Crippen LogP contribution is 2.31. The molecule has 2 N–H and O–H groups in total. The second kappa shape index (κ2) is 8.09. The molecule has 0 aromatic heterocycles. The Morgan fingerprint density at radius 3 is 1.76 bits per heavy atom. The van der Waals surface area contributed by atoms with Gasteiger partial charge in [-0.05, 0) is 12.8 Å². The van der Waals surface area contributed by atoms with Crippen molar-refractivity contribution in [3.05, 3.63) is 0 Å². The van der Waals surface area contributed by atoms with Crippen molar-refractivity contribution in [1.29, 1.82) is 0 Å². The molecule has 0 amide bonds. The maximum Gasteiger partial charge on any atom is 0.321 e. The van der Waals surface area contributed by atoms with Crippen molar-refractivity contribution in [3.63, 3.8) is 0 Å². The summed E-state index contributed by atoms with van der Waals surface area (Å²) in [6, 6.07) is 0. The number of rotatable bonds is 10. The first-order valence-electron chi connectivity index (χ1n) is 6.48. The highest BCUT2D eigenvalue weighted by Gasteiger charge is 2.44. The van der Waals surface area contributed by atoms with E-state index in [0.29, 0.717) is 12.8 Å². The Balaban J connectivity index is 4.37. The molecule has 0 aliphatic carbocycles. The van der Waals surface area contributed by atoms with Crippen LogP contribution in [0.5, 0.6) is 0 Å². The van der Waals surface area contributed by atoms with Gasteiger partial charge >= 0.3 is 11.9 Å². The predicted octanol–water partition coefficient (Wildman–Crippen LogP) is 3.30. The van der Waals surface area contributed by atoms with Gasteiger partial charge in [-0.3, -0.25) is 9.59 Å². The molecule has 17 heavy (non-hydrogen) atoms. The summed E-state index contributed by atoms with van der Waals surface area (Å²) in [7, 11) is 0. The summed E-state index contributed by atoms with van der Waals surface area (Å²) >= 11 is 0. The average molecular weight is 244 g/mol. The molecule has 0 bridgehead atoms. The molecular weight excluding hydrogens is 220 g/mol. The number of hydrogen-bond donors (Lipinski definition) is 2. The van der Waals surface area contributed by atoms with E-state index in [9.17, 15) is 9.59 Å². The zero-order chi connectivity index (χ0) is 13.3. The van der Waals surface area contributed by atoms with Crippen LogP contribution in [-0.2, 0) is 9.59 Å². The van der Waals surface area contributed by atoms with E-state index in [0.717, 1.165) is 25.7 Å². The Kier molecular flexibility index (Phi) is 7.59. The van der Waals surface area contributed by atoms with Gasteiger partial charge in [0.1, 0.15) is 0 Å². The van der Waals surface area contributed by atoms with Crippen LogP contribution in [0.2, 0.25) is 0 Å². The van der Waals surface area contributed by atoms with Crippen molar-refractivity contribution in [3.8, 4) is 0 Å². The van der Waals surface area contributed by atoms with E-state index in [-0.39, 0.29) is 12.8 Å². The Labute approximate surface area is 103 Å². The first kappa shape index (κ1) is 15.9. The van der Waals surface area contributed by atoms with Crippen LogP contribution in [0.4, 0.5) is 0 Å². The van der Waals surface area contributed by atoms with Gasteiger partial charge in [-0.25, -0.2) is 0 Å². The Morgan fingerprint density at radius 1 is 0.824 bits per heavy atom. The van der Waals surface area contributed by atoms with Gasteiger partial charge in [-0.1, -0.05) is 52.4 Å². The van der Waals surface area contributed by atoms with E-state index in [1.165, 1.54) is 0 Å². The first-order valence-corrected chi connectivity index (χ1v) is 6.48. The number of aliphatic carboxylic acids is 2. The van der Waals surface area contributed by atoms with Crippen LogP contribution in [0, 0.1) is 5.41 Å². The molecule has 0 unspecified atom stereocenters. The van der Waals surface area contributed by atoms with Crippen LogP contribution in [-0.4, -0.2) is 22.2 Å². The molecule has 0 rings (SSSR count). The minimum absolute atomic E-state index is 0.214. The van der Waals surface area contributed by atoms with Crippen LogP contribution < -0.4 is 0 Å². The second-order valence-corrected chi connectivity index (χ2v) is 4.61. The van der Waals surface area contributed by atoms with Gasteiger partial charge < -0.3 is 10.2 Å². The van der Waals surface area contributed by atoms with Gasteiger partial charge in [0.15, 0.2) is 5.41 Å². The van der Waals surface area contributed by atoms with Crippen molar-refractivity contribution in [2.45, 2.75) is 65.2 Å². The van der Waals surface area contributed by atoms with Gasteiger partial charge in [0.2, 0.25) is 0 Å². The highest BCUT2D eigenvalue weighted by molar-refractivity contribution is 5.98. The molecule has 0 saturated carbocycles. The molecule has 0 atom stereocenters. The standard InChI is InChI=1S/C13H24O4/c1-3-5-6-7-8-10-13(9-4-2,11(14)15)12(16)17/h3-10H2,1-2H3,(H,14,15)(H,16,17). The summed E-state index contributed by atoms with van der Waals surface area (Å²) < 4.78 is 0. The number of hydrogen-bond acceptors (Lipinski definition) is 2. The van der Waals surface area contributed by atoms with Crippen LogP contribution in [0.3, 0.4) is 0 Å². The molecule has 0 fully saturated rings. The Morgan fingerprint density at radius 2 is 1.35 bits per heavy atom. The van der Waals surface area contributed by atoms with Crippen LogP contribution in [0.25, 0.3) is 0 Å². The summed E-state index contributed by atoms with van der Waals surface area (Å²) in [6.07, 6.45) is 5.93. The molecule has 0 heterocycles. The topological polar surface area (TPSA) is 74.6 Å². The quantitative estimate of drug-likeness (QED) is 0.456. The van der Waals surface area contributed by atoms with E-state index in [4.69, 9.17) is 10.2 Å². The first-order chi connectivity index (χ1) is 8.01. The maximum atomic E-state index is 11.2. The molecule has 0 saturated heterocycles.